The number of hydrogen-bond donors (Lipinski definition) is 3. The van der Waals surface area contributed by atoms with Crippen molar-refractivity contribution in [2.45, 2.75) is 18.8 Å². The number of amides is 1. The average molecular weight is 274 g/mol. The van der Waals surface area contributed by atoms with Gasteiger partial charge in [0.1, 0.15) is 12.2 Å². The number of fused-ring (bicyclic) bond motifs is 1. The summed E-state index contributed by atoms with van der Waals surface area (Å²) < 4.78 is 5.19. The molecule has 1 aromatic rings. The molecule has 0 saturated heterocycles. The van der Waals surface area contributed by atoms with Crippen molar-refractivity contribution in [1.82, 2.24) is 5.32 Å². The largest absolute Gasteiger partial charge is 0.547 e. The predicted octanol–water partition coefficient (Wildman–Crippen LogP) is -0.262. The van der Waals surface area contributed by atoms with Gasteiger partial charge in [0.15, 0.2) is 0 Å². The third kappa shape index (κ3) is 2.73. The molecule has 1 aromatic carbocycles. The number of aromatic carboxylic acids is 1. The molecule has 7 nitrogen and oxygen atoms in total. The van der Waals surface area contributed by atoms with Crippen LogP contribution in [-0.2, 0) is 11.2 Å². The number of carboxylic acids is 1. The first kappa shape index (κ1) is 13.9. The second-order valence-corrected chi connectivity index (χ2v) is 4.32. The van der Waals surface area contributed by atoms with Crippen molar-refractivity contribution >= 4 is 19.0 Å². The first-order valence-corrected chi connectivity index (χ1v) is 5.89. The highest BCUT2D eigenvalue weighted by Gasteiger charge is 2.37. The molecule has 8 heteroatoms. The van der Waals surface area contributed by atoms with E-state index in [0.29, 0.717) is 5.56 Å². The van der Waals surface area contributed by atoms with Gasteiger partial charge >= 0.3 is 13.1 Å². The van der Waals surface area contributed by atoms with Crippen LogP contribution in [0, 0.1) is 11.3 Å². The highest BCUT2D eigenvalue weighted by molar-refractivity contribution is 6.47. The molecule has 1 heterocycles. The summed E-state index contributed by atoms with van der Waals surface area (Å²) in [6.07, 6.45) is -0.0833. The van der Waals surface area contributed by atoms with E-state index >= 15 is 0 Å². The van der Waals surface area contributed by atoms with E-state index < -0.39 is 24.9 Å². The maximum atomic E-state index is 11.3. The number of para-hydroxylation sites is 1. The molecule has 0 radical (unpaired) electrons. The molecule has 2 rings (SSSR count). The van der Waals surface area contributed by atoms with Crippen molar-refractivity contribution in [3.63, 3.8) is 0 Å². The van der Waals surface area contributed by atoms with Gasteiger partial charge in [-0.2, -0.15) is 5.26 Å². The van der Waals surface area contributed by atoms with E-state index in [4.69, 9.17) is 15.0 Å². The molecule has 0 aliphatic carbocycles. The van der Waals surface area contributed by atoms with Crippen LogP contribution in [0.3, 0.4) is 0 Å². The maximum Gasteiger partial charge on any atom is 0.547 e. The van der Waals surface area contributed by atoms with Gasteiger partial charge in [-0.25, -0.2) is 4.79 Å². The molecule has 20 heavy (non-hydrogen) atoms. The van der Waals surface area contributed by atoms with E-state index in [-0.39, 0.29) is 24.2 Å². The molecule has 0 bridgehead atoms. The Morgan fingerprint density at radius 3 is 2.95 bits per heavy atom. The van der Waals surface area contributed by atoms with Crippen LogP contribution < -0.4 is 9.97 Å². The van der Waals surface area contributed by atoms with Crippen LogP contribution in [-0.4, -0.2) is 35.1 Å². The van der Waals surface area contributed by atoms with Crippen LogP contribution >= 0.6 is 0 Å². The Hall–Kier alpha value is -2.53. The van der Waals surface area contributed by atoms with Crippen LogP contribution in [0.5, 0.6) is 5.75 Å². The van der Waals surface area contributed by atoms with E-state index in [0.717, 1.165) is 0 Å². The van der Waals surface area contributed by atoms with E-state index in [1.165, 1.54) is 6.07 Å². The van der Waals surface area contributed by atoms with Gasteiger partial charge < -0.3 is 20.1 Å². The Bertz CT molecular complexity index is 598. The van der Waals surface area contributed by atoms with Gasteiger partial charge in [-0.15, -0.1) is 0 Å². The van der Waals surface area contributed by atoms with E-state index in [2.05, 4.69) is 5.32 Å². The van der Waals surface area contributed by atoms with Crippen molar-refractivity contribution in [3.8, 4) is 11.8 Å². The number of nitriles is 1. The summed E-state index contributed by atoms with van der Waals surface area (Å²) >= 11 is 0. The summed E-state index contributed by atoms with van der Waals surface area (Å²) in [6, 6.07) is 6.31. The summed E-state index contributed by atoms with van der Waals surface area (Å²) in [7, 11) is -1.36. The fraction of sp³-hybridized carbons (Fsp3) is 0.250. The monoisotopic (exact) mass is 274 g/mol. The summed E-state index contributed by atoms with van der Waals surface area (Å²) in [5.41, 5.74) is 0.542. The van der Waals surface area contributed by atoms with Gasteiger partial charge in [-0.3, -0.25) is 4.79 Å². The van der Waals surface area contributed by atoms with E-state index in [1.807, 2.05) is 0 Å². The fourth-order valence-electron chi connectivity index (χ4n) is 2.05. The first-order valence-electron chi connectivity index (χ1n) is 5.89. The lowest BCUT2D eigenvalue weighted by atomic mass is 9.72. The van der Waals surface area contributed by atoms with Crippen molar-refractivity contribution in [2.75, 3.05) is 0 Å². The predicted molar refractivity (Wildman–Crippen MR) is 67.9 cm³/mol. The van der Waals surface area contributed by atoms with Crippen LogP contribution in [0.25, 0.3) is 0 Å². The molecule has 0 spiro atoms. The number of carbonyl (C=O) groups is 2. The zero-order valence-electron chi connectivity index (χ0n) is 10.4. The number of nitrogens with zero attached hydrogens (tertiary/aromatic N) is 1. The Morgan fingerprint density at radius 2 is 2.30 bits per heavy atom. The number of carboxylic acid groups (broad SMARTS) is 1. The van der Waals surface area contributed by atoms with Crippen molar-refractivity contribution in [1.29, 1.82) is 5.26 Å². The summed E-state index contributed by atoms with van der Waals surface area (Å²) in [5, 5.41) is 29.8. The SMILES string of the molecule is N#CCC(=O)N[C@H]1Cc2cccc(C(=O)O)c2OB1O. The van der Waals surface area contributed by atoms with Crippen LogP contribution in [0.4, 0.5) is 0 Å². The highest BCUT2D eigenvalue weighted by atomic mass is 16.5. The van der Waals surface area contributed by atoms with Gasteiger partial charge in [0.2, 0.25) is 5.91 Å². The van der Waals surface area contributed by atoms with Crippen molar-refractivity contribution < 1.29 is 24.4 Å². The lowest BCUT2D eigenvalue weighted by Gasteiger charge is -2.28. The Labute approximate surface area is 114 Å². The van der Waals surface area contributed by atoms with Gasteiger partial charge in [0, 0.05) is 0 Å². The lowest BCUT2D eigenvalue weighted by molar-refractivity contribution is -0.120. The van der Waals surface area contributed by atoms with Crippen LogP contribution in [0.15, 0.2) is 18.2 Å². The zero-order valence-corrected chi connectivity index (χ0v) is 10.4. The van der Waals surface area contributed by atoms with Crippen molar-refractivity contribution in [3.05, 3.63) is 29.3 Å². The number of hydrogen-bond acceptors (Lipinski definition) is 5. The quantitative estimate of drug-likeness (QED) is 0.653. The van der Waals surface area contributed by atoms with Crippen LogP contribution in [0.2, 0.25) is 0 Å². The third-order valence-electron chi connectivity index (χ3n) is 2.94. The molecule has 1 atom stereocenters. The smallest absolute Gasteiger partial charge is 0.534 e. The van der Waals surface area contributed by atoms with Gasteiger partial charge in [0.05, 0.1) is 17.6 Å². The lowest BCUT2D eigenvalue weighted by Crippen LogP contribution is -2.53. The summed E-state index contributed by atoms with van der Waals surface area (Å²) in [5.74, 6) is -2.27. The molecular weight excluding hydrogens is 263 g/mol. The third-order valence-corrected chi connectivity index (χ3v) is 2.94. The molecule has 1 amide bonds. The molecule has 0 fully saturated rings. The summed E-state index contributed by atoms with van der Waals surface area (Å²) in [6.45, 7) is 0. The maximum absolute atomic E-state index is 11.3. The normalized spacial score (nSPS) is 16.6. The highest BCUT2D eigenvalue weighted by Crippen LogP contribution is 2.30. The average Bonchev–Trinajstić information content (AvgIpc) is 2.39. The Morgan fingerprint density at radius 1 is 1.55 bits per heavy atom. The minimum atomic E-state index is -1.36. The van der Waals surface area contributed by atoms with Gasteiger partial charge in [0.25, 0.3) is 0 Å². The summed E-state index contributed by atoms with van der Waals surface area (Å²) in [4.78, 5) is 22.4. The molecule has 0 aromatic heterocycles. The molecule has 3 N–H and O–H groups in total. The molecule has 0 saturated carbocycles. The number of nitrogens with one attached hydrogen (secondary N) is 1. The minimum Gasteiger partial charge on any atom is -0.534 e. The molecule has 1 aliphatic rings. The minimum absolute atomic E-state index is 0.0386. The zero-order chi connectivity index (χ0) is 14.7. The van der Waals surface area contributed by atoms with Crippen LogP contribution in [0.1, 0.15) is 22.3 Å². The number of benzene rings is 1. The van der Waals surface area contributed by atoms with E-state index in [1.54, 1.807) is 18.2 Å². The second-order valence-electron chi connectivity index (χ2n) is 4.32. The fourth-order valence-corrected chi connectivity index (χ4v) is 2.05. The number of rotatable bonds is 3. The Kier molecular flexibility index (Phi) is 3.91. The van der Waals surface area contributed by atoms with Gasteiger partial charge in [-0.1, -0.05) is 12.1 Å². The standard InChI is InChI=1S/C12H11BN2O5/c14-5-4-10(16)15-9-6-7-2-1-3-8(12(17)18)11(7)20-13(9)19/h1-3,9,19H,4,6H2,(H,15,16)(H,17,18)/t9-/m0/s1. The van der Waals surface area contributed by atoms with Gasteiger partial charge in [-0.05, 0) is 18.1 Å². The van der Waals surface area contributed by atoms with E-state index in [9.17, 15) is 14.6 Å². The first-order chi connectivity index (χ1) is 9.52. The second kappa shape index (κ2) is 5.63. The number of carbonyl (C=O) groups excluding carboxylic acids is 1. The molecular formula is C12H11BN2O5. The topological polar surface area (TPSA) is 120 Å². The molecule has 1 aliphatic heterocycles. The Balaban J connectivity index is 2.22. The molecule has 0 unspecified atom stereocenters. The van der Waals surface area contributed by atoms with Crippen molar-refractivity contribution in [2.24, 2.45) is 0 Å². The molecule has 102 valence electrons.